The molecule has 0 aliphatic heterocycles. The molecule has 0 N–H and O–H groups in total. The molecule has 0 aromatic carbocycles. The number of ketones is 1. The average molecular weight is 300 g/mol. The zero-order valence-electron chi connectivity index (χ0n) is 12.9. The molecule has 0 spiro atoms. The van der Waals surface area contributed by atoms with E-state index < -0.39 is 25.8 Å². The van der Waals surface area contributed by atoms with Gasteiger partial charge >= 0.3 is 5.97 Å². The van der Waals surface area contributed by atoms with Gasteiger partial charge in [-0.25, -0.2) is 9.18 Å². The summed E-state index contributed by atoms with van der Waals surface area (Å²) in [4.78, 5) is 23.9. The Bertz CT molecular complexity index is 410. The van der Waals surface area contributed by atoms with Crippen molar-refractivity contribution in [3.8, 4) is 0 Å². The lowest BCUT2D eigenvalue weighted by Crippen LogP contribution is -2.27. The fourth-order valence-electron chi connectivity index (χ4n) is 2.46. The maximum absolute atomic E-state index is 14.7. The molecule has 1 fully saturated rings. The molecule has 1 rings (SSSR count). The van der Waals surface area contributed by atoms with Crippen LogP contribution in [0.3, 0.4) is 0 Å². The molecule has 1 aliphatic carbocycles. The molecule has 114 valence electrons. The van der Waals surface area contributed by atoms with Gasteiger partial charge < -0.3 is 4.74 Å². The number of esters is 1. The van der Waals surface area contributed by atoms with E-state index in [0.29, 0.717) is 18.9 Å². The molecule has 1 saturated carbocycles. The van der Waals surface area contributed by atoms with Gasteiger partial charge in [0.05, 0.1) is 18.1 Å². The summed E-state index contributed by atoms with van der Waals surface area (Å²) in [6.45, 7) is 8.14. The molecule has 20 heavy (non-hydrogen) atoms. The maximum Gasteiger partial charge on any atom is 0.336 e. The SMILES string of the molecule is CCOC(=O)/C(C[Si](C)(C)C)=C(/F)C1CCCCC1=O. The fraction of sp³-hybridized carbons (Fsp3) is 0.733. The first-order valence-electron chi connectivity index (χ1n) is 7.34. The highest BCUT2D eigenvalue weighted by molar-refractivity contribution is 6.77. The van der Waals surface area contributed by atoms with Crippen molar-refractivity contribution in [2.45, 2.75) is 58.3 Å². The van der Waals surface area contributed by atoms with E-state index in [1.54, 1.807) is 6.92 Å². The van der Waals surface area contributed by atoms with E-state index in [9.17, 15) is 14.0 Å². The molecular formula is C15H25FO3Si. The van der Waals surface area contributed by atoms with Crippen LogP contribution in [0.4, 0.5) is 4.39 Å². The minimum absolute atomic E-state index is 0.0777. The summed E-state index contributed by atoms with van der Waals surface area (Å²) in [7, 11) is -1.67. The second-order valence-corrected chi connectivity index (χ2v) is 12.0. The quantitative estimate of drug-likeness (QED) is 0.440. The van der Waals surface area contributed by atoms with Crippen molar-refractivity contribution in [2.75, 3.05) is 6.61 Å². The Kier molecular flexibility index (Phi) is 6.11. The molecule has 5 heteroatoms. The number of rotatable bonds is 5. The van der Waals surface area contributed by atoms with Gasteiger partial charge in [0.15, 0.2) is 0 Å². The van der Waals surface area contributed by atoms with Gasteiger partial charge in [0.2, 0.25) is 0 Å². The van der Waals surface area contributed by atoms with Crippen LogP contribution in [-0.2, 0) is 14.3 Å². The van der Waals surface area contributed by atoms with Gasteiger partial charge in [-0.3, -0.25) is 4.79 Å². The summed E-state index contributed by atoms with van der Waals surface area (Å²) in [5.74, 6) is -1.92. The minimum Gasteiger partial charge on any atom is -0.463 e. The standard InChI is InChI=1S/C15H25FO3Si/c1-5-19-15(18)12(10-20(2,3)4)14(16)11-8-6-7-9-13(11)17/h11H,5-10H2,1-4H3/b14-12+. The van der Waals surface area contributed by atoms with Crippen molar-refractivity contribution in [1.29, 1.82) is 0 Å². The Hall–Kier alpha value is -0.973. The predicted octanol–water partition coefficient (Wildman–Crippen LogP) is 3.87. The molecule has 1 aliphatic rings. The van der Waals surface area contributed by atoms with Crippen molar-refractivity contribution in [2.24, 2.45) is 5.92 Å². The fourth-order valence-corrected chi connectivity index (χ4v) is 3.84. The third kappa shape index (κ3) is 4.85. The van der Waals surface area contributed by atoms with Crippen LogP contribution in [0.2, 0.25) is 25.7 Å². The number of allylic oxidation sites excluding steroid dienone is 1. The summed E-state index contributed by atoms with van der Waals surface area (Å²) in [6.07, 6.45) is 2.60. The van der Waals surface area contributed by atoms with Crippen molar-refractivity contribution in [3.05, 3.63) is 11.4 Å². The third-order valence-corrected chi connectivity index (χ3v) is 4.79. The second-order valence-electron chi connectivity index (χ2n) is 6.55. The first-order chi connectivity index (χ1) is 9.26. The van der Waals surface area contributed by atoms with Crippen molar-refractivity contribution in [3.63, 3.8) is 0 Å². The van der Waals surface area contributed by atoms with Crippen LogP contribution in [0.1, 0.15) is 32.6 Å². The van der Waals surface area contributed by atoms with E-state index >= 15 is 0 Å². The van der Waals surface area contributed by atoms with Crippen LogP contribution in [0.5, 0.6) is 0 Å². The molecule has 0 heterocycles. The molecule has 0 aromatic rings. The van der Waals surface area contributed by atoms with Crippen LogP contribution in [0, 0.1) is 5.92 Å². The lowest BCUT2D eigenvalue weighted by atomic mass is 9.86. The third-order valence-electron chi connectivity index (χ3n) is 3.38. The van der Waals surface area contributed by atoms with Crippen molar-refractivity contribution >= 4 is 19.8 Å². The first kappa shape index (κ1) is 17.1. The summed E-state index contributed by atoms with van der Waals surface area (Å²) in [5.41, 5.74) is 0.103. The van der Waals surface area contributed by atoms with E-state index in [1.165, 1.54) is 0 Å². The summed E-state index contributed by atoms with van der Waals surface area (Å²) < 4.78 is 19.7. The lowest BCUT2D eigenvalue weighted by molar-refractivity contribution is -0.138. The van der Waals surface area contributed by atoms with E-state index in [4.69, 9.17) is 4.74 Å². The second kappa shape index (κ2) is 7.15. The topological polar surface area (TPSA) is 43.4 Å². The number of carbonyl (C=O) groups excluding carboxylic acids is 2. The van der Waals surface area contributed by atoms with Crippen LogP contribution in [-0.4, -0.2) is 26.4 Å². The lowest BCUT2D eigenvalue weighted by Gasteiger charge is -2.23. The Morgan fingerprint density at radius 1 is 1.35 bits per heavy atom. The van der Waals surface area contributed by atoms with Crippen molar-refractivity contribution in [1.82, 2.24) is 0 Å². The van der Waals surface area contributed by atoms with Crippen LogP contribution >= 0.6 is 0 Å². The summed E-state index contributed by atoms with van der Waals surface area (Å²) in [6, 6.07) is 0.418. The first-order valence-corrected chi connectivity index (χ1v) is 11.1. The number of Topliss-reactive ketones (excluding diaryl/α,β-unsaturated/α-hetero) is 1. The molecule has 0 saturated heterocycles. The van der Waals surface area contributed by atoms with E-state index in [-0.39, 0.29) is 18.0 Å². The summed E-state index contributed by atoms with van der Waals surface area (Å²) in [5, 5.41) is 0. The van der Waals surface area contributed by atoms with E-state index in [2.05, 4.69) is 19.6 Å². The zero-order valence-corrected chi connectivity index (χ0v) is 13.9. The highest BCUT2D eigenvalue weighted by atomic mass is 28.3. The maximum atomic E-state index is 14.7. The molecule has 0 aromatic heterocycles. The number of hydrogen-bond donors (Lipinski definition) is 0. The van der Waals surface area contributed by atoms with Crippen LogP contribution < -0.4 is 0 Å². The largest absolute Gasteiger partial charge is 0.463 e. The Labute approximate surface area is 121 Å². The molecule has 0 bridgehead atoms. The molecule has 0 amide bonds. The Morgan fingerprint density at radius 3 is 2.50 bits per heavy atom. The van der Waals surface area contributed by atoms with E-state index in [1.807, 2.05) is 0 Å². The molecule has 0 radical (unpaired) electrons. The smallest absolute Gasteiger partial charge is 0.336 e. The van der Waals surface area contributed by atoms with Gasteiger partial charge in [-0.05, 0) is 25.8 Å². The molecular weight excluding hydrogens is 275 g/mol. The van der Waals surface area contributed by atoms with Gasteiger partial charge in [0.25, 0.3) is 0 Å². The number of carbonyl (C=O) groups is 2. The Balaban J connectivity index is 3.07. The van der Waals surface area contributed by atoms with E-state index in [0.717, 1.165) is 12.8 Å². The van der Waals surface area contributed by atoms with Gasteiger partial charge in [0.1, 0.15) is 11.6 Å². The molecule has 1 atom stereocenters. The zero-order chi connectivity index (χ0) is 15.3. The van der Waals surface area contributed by atoms with Gasteiger partial charge in [-0.15, -0.1) is 0 Å². The normalized spacial score (nSPS) is 21.4. The van der Waals surface area contributed by atoms with Crippen LogP contribution in [0.25, 0.3) is 0 Å². The number of hydrogen-bond acceptors (Lipinski definition) is 3. The highest BCUT2D eigenvalue weighted by Gasteiger charge is 2.33. The Morgan fingerprint density at radius 2 is 2.00 bits per heavy atom. The molecule has 3 nitrogen and oxygen atoms in total. The number of ether oxygens (including phenoxy) is 1. The van der Waals surface area contributed by atoms with Crippen molar-refractivity contribution < 1.29 is 18.7 Å². The summed E-state index contributed by atoms with van der Waals surface area (Å²) >= 11 is 0. The van der Waals surface area contributed by atoms with Crippen LogP contribution in [0.15, 0.2) is 11.4 Å². The van der Waals surface area contributed by atoms with Gasteiger partial charge in [-0.1, -0.05) is 26.1 Å². The average Bonchev–Trinajstić information content (AvgIpc) is 2.35. The predicted molar refractivity (Wildman–Crippen MR) is 79.9 cm³/mol. The highest BCUT2D eigenvalue weighted by Crippen LogP contribution is 2.33. The number of halogens is 1. The minimum atomic E-state index is -1.67. The monoisotopic (exact) mass is 300 g/mol. The molecule has 1 unspecified atom stereocenters. The van der Waals surface area contributed by atoms with Gasteiger partial charge in [-0.2, -0.15) is 0 Å². The van der Waals surface area contributed by atoms with Gasteiger partial charge in [0, 0.05) is 14.5 Å².